The SMILES string of the molecule is CCC(N)c1ccn(CC(=O)Nc2ccccc2)c1. The van der Waals surface area contributed by atoms with E-state index in [1.165, 1.54) is 0 Å². The highest BCUT2D eigenvalue weighted by molar-refractivity contribution is 5.90. The van der Waals surface area contributed by atoms with Crippen LogP contribution in [0.3, 0.4) is 0 Å². The molecule has 1 unspecified atom stereocenters. The molecule has 2 aromatic rings. The molecule has 100 valence electrons. The van der Waals surface area contributed by atoms with Gasteiger partial charge in [-0.1, -0.05) is 25.1 Å². The van der Waals surface area contributed by atoms with E-state index in [4.69, 9.17) is 5.73 Å². The Hall–Kier alpha value is -2.07. The topological polar surface area (TPSA) is 60.0 Å². The van der Waals surface area contributed by atoms with Gasteiger partial charge in [0.15, 0.2) is 0 Å². The Kier molecular flexibility index (Phi) is 4.36. The molecule has 1 aromatic heterocycles. The monoisotopic (exact) mass is 257 g/mol. The van der Waals surface area contributed by atoms with Crippen LogP contribution < -0.4 is 11.1 Å². The van der Waals surface area contributed by atoms with E-state index in [1.54, 1.807) is 0 Å². The molecule has 1 heterocycles. The number of nitrogens with two attached hydrogens (primary N) is 1. The zero-order chi connectivity index (χ0) is 13.7. The van der Waals surface area contributed by atoms with Crippen molar-refractivity contribution < 1.29 is 4.79 Å². The average Bonchev–Trinajstić information content (AvgIpc) is 2.87. The molecule has 4 heteroatoms. The summed E-state index contributed by atoms with van der Waals surface area (Å²) < 4.78 is 1.85. The number of nitrogens with zero attached hydrogens (tertiary/aromatic N) is 1. The lowest BCUT2D eigenvalue weighted by Gasteiger charge is -2.07. The Labute approximate surface area is 113 Å². The summed E-state index contributed by atoms with van der Waals surface area (Å²) in [5, 5.41) is 2.85. The van der Waals surface area contributed by atoms with Crippen LogP contribution >= 0.6 is 0 Å². The highest BCUT2D eigenvalue weighted by atomic mass is 16.1. The molecule has 1 atom stereocenters. The number of nitrogens with one attached hydrogen (secondary N) is 1. The van der Waals surface area contributed by atoms with Crippen LogP contribution in [-0.4, -0.2) is 10.5 Å². The van der Waals surface area contributed by atoms with Crippen LogP contribution in [0.1, 0.15) is 24.9 Å². The Balaban J connectivity index is 1.94. The van der Waals surface area contributed by atoms with E-state index in [9.17, 15) is 4.79 Å². The number of rotatable bonds is 5. The van der Waals surface area contributed by atoms with Crippen molar-refractivity contribution in [1.29, 1.82) is 0 Å². The van der Waals surface area contributed by atoms with Crippen LogP contribution in [0.25, 0.3) is 0 Å². The van der Waals surface area contributed by atoms with E-state index in [-0.39, 0.29) is 11.9 Å². The molecule has 19 heavy (non-hydrogen) atoms. The van der Waals surface area contributed by atoms with E-state index in [0.29, 0.717) is 6.54 Å². The number of benzene rings is 1. The number of amides is 1. The third-order valence-electron chi connectivity index (χ3n) is 3.03. The first-order chi connectivity index (χ1) is 9.19. The van der Waals surface area contributed by atoms with Gasteiger partial charge in [-0.05, 0) is 30.2 Å². The second-order valence-corrected chi connectivity index (χ2v) is 4.55. The number of anilines is 1. The molecule has 2 rings (SSSR count). The van der Waals surface area contributed by atoms with Gasteiger partial charge in [0.2, 0.25) is 5.91 Å². The third-order valence-corrected chi connectivity index (χ3v) is 3.03. The van der Waals surface area contributed by atoms with E-state index < -0.39 is 0 Å². The Bertz CT molecular complexity index is 533. The Morgan fingerprint density at radius 1 is 1.32 bits per heavy atom. The maximum Gasteiger partial charge on any atom is 0.244 e. The lowest BCUT2D eigenvalue weighted by molar-refractivity contribution is -0.116. The van der Waals surface area contributed by atoms with Gasteiger partial charge in [-0.15, -0.1) is 0 Å². The predicted molar refractivity (Wildman–Crippen MR) is 76.7 cm³/mol. The van der Waals surface area contributed by atoms with Gasteiger partial charge in [0.05, 0.1) is 0 Å². The van der Waals surface area contributed by atoms with Crippen LogP contribution in [0.4, 0.5) is 5.69 Å². The van der Waals surface area contributed by atoms with Crippen molar-refractivity contribution in [3.8, 4) is 0 Å². The number of para-hydroxylation sites is 1. The number of hydrogen-bond donors (Lipinski definition) is 2. The Morgan fingerprint density at radius 3 is 2.74 bits per heavy atom. The van der Waals surface area contributed by atoms with Gasteiger partial charge in [-0.3, -0.25) is 4.79 Å². The zero-order valence-corrected chi connectivity index (χ0v) is 11.0. The molecule has 0 spiro atoms. The van der Waals surface area contributed by atoms with E-state index in [0.717, 1.165) is 17.7 Å². The molecule has 3 N–H and O–H groups in total. The van der Waals surface area contributed by atoms with Crippen LogP contribution in [0.15, 0.2) is 48.8 Å². The van der Waals surface area contributed by atoms with Crippen LogP contribution in [0, 0.1) is 0 Å². The highest BCUT2D eigenvalue weighted by Gasteiger charge is 2.07. The number of hydrogen-bond acceptors (Lipinski definition) is 2. The van der Waals surface area contributed by atoms with Gasteiger partial charge in [-0.25, -0.2) is 0 Å². The molecule has 1 aromatic carbocycles. The van der Waals surface area contributed by atoms with Gasteiger partial charge in [0, 0.05) is 24.1 Å². The largest absolute Gasteiger partial charge is 0.345 e. The first-order valence-electron chi connectivity index (χ1n) is 6.45. The molecular weight excluding hydrogens is 238 g/mol. The summed E-state index contributed by atoms with van der Waals surface area (Å²) in [4.78, 5) is 11.9. The molecule has 0 aliphatic rings. The summed E-state index contributed by atoms with van der Waals surface area (Å²) >= 11 is 0. The summed E-state index contributed by atoms with van der Waals surface area (Å²) in [6.45, 7) is 2.34. The molecular formula is C15H19N3O. The molecule has 4 nitrogen and oxygen atoms in total. The van der Waals surface area contributed by atoms with E-state index >= 15 is 0 Å². The summed E-state index contributed by atoms with van der Waals surface area (Å²) in [7, 11) is 0. The van der Waals surface area contributed by atoms with Gasteiger partial charge >= 0.3 is 0 Å². The molecule has 0 saturated heterocycles. The van der Waals surface area contributed by atoms with Crippen molar-refractivity contribution in [2.24, 2.45) is 5.73 Å². The van der Waals surface area contributed by atoms with Crippen LogP contribution in [0.2, 0.25) is 0 Å². The lowest BCUT2D eigenvalue weighted by atomic mass is 10.1. The first-order valence-corrected chi connectivity index (χ1v) is 6.45. The summed E-state index contributed by atoms with van der Waals surface area (Å²) in [5.41, 5.74) is 7.82. The Morgan fingerprint density at radius 2 is 2.05 bits per heavy atom. The fourth-order valence-electron chi connectivity index (χ4n) is 1.90. The summed E-state index contributed by atoms with van der Waals surface area (Å²) in [6, 6.07) is 11.4. The van der Waals surface area contributed by atoms with Crippen molar-refractivity contribution in [3.05, 3.63) is 54.4 Å². The molecule has 0 aliphatic heterocycles. The summed E-state index contributed by atoms with van der Waals surface area (Å²) in [6.07, 6.45) is 4.70. The van der Waals surface area contributed by atoms with Crippen molar-refractivity contribution in [2.75, 3.05) is 5.32 Å². The van der Waals surface area contributed by atoms with Crippen LogP contribution in [-0.2, 0) is 11.3 Å². The predicted octanol–water partition coefficient (Wildman–Crippen LogP) is 2.54. The van der Waals surface area contributed by atoms with Gasteiger partial charge in [0.25, 0.3) is 0 Å². The van der Waals surface area contributed by atoms with E-state index in [1.807, 2.05) is 60.3 Å². The second kappa shape index (κ2) is 6.20. The lowest BCUT2D eigenvalue weighted by Crippen LogP contribution is -2.17. The quantitative estimate of drug-likeness (QED) is 0.864. The van der Waals surface area contributed by atoms with Crippen molar-refractivity contribution in [3.63, 3.8) is 0 Å². The summed E-state index contributed by atoms with van der Waals surface area (Å²) in [5.74, 6) is -0.0431. The zero-order valence-electron chi connectivity index (χ0n) is 11.0. The molecule has 0 saturated carbocycles. The number of carbonyl (C=O) groups excluding carboxylic acids is 1. The minimum absolute atomic E-state index is 0.0402. The van der Waals surface area contributed by atoms with Crippen molar-refractivity contribution in [2.45, 2.75) is 25.9 Å². The second-order valence-electron chi connectivity index (χ2n) is 4.55. The smallest absolute Gasteiger partial charge is 0.244 e. The average molecular weight is 257 g/mol. The molecule has 0 bridgehead atoms. The minimum Gasteiger partial charge on any atom is -0.345 e. The highest BCUT2D eigenvalue weighted by Crippen LogP contribution is 2.14. The minimum atomic E-state index is -0.0431. The fourth-order valence-corrected chi connectivity index (χ4v) is 1.90. The molecule has 0 radical (unpaired) electrons. The van der Waals surface area contributed by atoms with Crippen molar-refractivity contribution >= 4 is 11.6 Å². The van der Waals surface area contributed by atoms with E-state index in [2.05, 4.69) is 5.32 Å². The molecule has 1 amide bonds. The van der Waals surface area contributed by atoms with Gasteiger partial charge in [-0.2, -0.15) is 0 Å². The van der Waals surface area contributed by atoms with Crippen molar-refractivity contribution in [1.82, 2.24) is 4.57 Å². The maximum absolute atomic E-state index is 11.9. The fraction of sp³-hybridized carbons (Fsp3) is 0.267. The van der Waals surface area contributed by atoms with Gasteiger partial charge < -0.3 is 15.6 Å². The number of aromatic nitrogens is 1. The van der Waals surface area contributed by atoms with Gasteiger partial charge in [0.1, 0.15) is 6.54 Å². The molecule has 0 fully saturated rings. The van der Waals surface area contributed by atoms with Crippen LogP contribution in [0.5, 0.6) is 0 Å². The maximum atomic E-state index is 11.9. The standard InChI is InChI=1S/C15H19N3O/c1-2-14(16)12-8-9-18(10-12)11-15(19)17-13-6-4-3-5-7-13/h3-10,14H,2,11,16H2,1H3,(H,17,19). The first kappa shape index (κ1) is 13.4. The number of carbonyl (C=O) groups is 1. The molecule has 0 aliphatic carbocycles. The third kappa shape index (κ3) is 3.69. The normalized spacial score (nSPS) is 12.1.